The van der Waals surface area contributed by atoms with E-state index in [0.29, 0.717) is 22.5 Å². The van der Waals surface area contributed by atoms with E-state index in [4.69, 9.17) is 28.9 Å². The average molecular weight is 391 g/mol. The molecular formula is C18H19ClN4S2. The van der Waals surface area contributed by atoms with E-state index in [9.17, 15) is 0 Å². The first-order valence-corrected chi connectivity index (χ1v) is 9.98. The summed E-state index contributed by atoms with van der Waals surface area (Å²) < 4.78 is 4.57. The van der Waals surface area contributed by atoms with Crippen LogP contribution in [-0.2, 0) is 13.7 Å². The second kappa shape index (κ2) is 7.03. The van der Waals surface area contributed by atoms with Crippen molar-refractivity contribution >= 4 is 35.2 Å². The van der Waals surface area contributed by atoms with Gasteiger partial charge < -0.3 is 4.57 Å². The molecule has 1 aromatic carbocycles. The molecule has 0 bridgehead atoms. The van der Waals surface area contributed by atoms with Crippen LogP contribution < -0.4 is 0 Å². The first-order chi connectivity index (χ1) is 12.1. The summed E-state index contributed by atoms with van der Waals surface area (Å²) >= 11 is 13.8. The smallest absolute Gasteiger partial charge is 0.199 e. The molecule has 7 heteroatoms. The Morgan fingerprint density at radius 1 is 1.28 bits per heavy atom. The van der Waals surface area contributed by atoms with E-state index in [1.54, 1.807) is 0 Å². The van der Waals surface area contributed by atoms with Crippen molar-refractivity contribution in [2.24, 2.45) is 7.05 Å². The summed E-state index contributed by atoms with van der Waals surface area (Å²) in [5, 5.41) is 7.61. The Morgan fingerprint density at radius 2 is 2.12 bits per heavy atom. The maximum absolute atomic E-state index is 6.35. The van der Waals surface area contributed by atoms with E-state index >= 15 is 0 Å². The normalized spacial score (nSPS) is 18.1. The van der Waals surface area contributed by atoms with E-state index in [0.717, 1.165) is 17.9 Å². The van der Waals surface area contributed by atoms with Gasteiger partial charge in [0.05, 0.1) is 11.7 Å². The van der Waals surface area contributed by atoms with Gasteiger partial charge in [0.15, 0.2) is 10.6 Å². The van der Waals surface area contributed by atoms with Gasteiger partial charge in [-0.25, -0.2) is 4.68 Å². The Balaban J connectivity index is 1.65. The van der Waals surface area contributed by atoms with Crippen molar-refractivity contribution < 1.29 is 0 Å². The van der Waals surface area contributed by atoms with Gasteiger partial charge in [0.2, 0.25) is 0 Å². The van der Waals surface area contributed by atoms with Crippen LogP contribution in [0, 0.1) is 4.77 Å². The van der Waals surface area contributed by atoms with E-state index in [2.05, 4.69) is 22.4 Å². The molecule has 0 radical (unpaired) electrons. The highest BCUT2D eigenvalue weighted by molar-refractivity contribution is 7.71. The number of nitrogens with zero attached hydrogens (tertiary/aromatic N) is 4. The molecule has 3 aromatic rings. The van der Waals surface area contributed by atoms with Crippen LogP contribution in [0.5, 0.6) is 0 Å². The molecule has 0 spiro atoms. The quantitative estimate of drug-likeness (QED) is 0.578. The molecule has 0 amide bonds. The Morgan fingerprint density at radius 3 is 2.88 bits per heavy atom. The summed E-state index contributed by atoms with van der Waals surface area (Å²) in [6.07, 6.45) is 2.40. The monoisotopic (exact) mass is 390 g/mol. The molecule has 1 aliphatic rings. The topological polar surface area (TPSA) is 26.0 Å². The molecule has 3 heterocycles. The number of hydrogen-bond acceptors (Lipinski definition) is 4. The summed E-state index contributed by atoms with van der Waals surface area (Å²) in [6.45, 7) is 1.78. The van der Waals surface area contributed by atoms with Crippen molar-refractivity contribution in [3.05, 3.63) is 56.4 Å². The number of thiophene rings is 1. The Labute approximate surface area is 161 Å². The zero-order valence-electron chi connectivity index (χ0n) is 13.9. The third kappa shape index (κ3) is 3.19. The van der Waals surface area contributed by atoms with Gasteiger partial charge in [-0.05, 0) is 48.6 Å². The summed E-state index contributed by atoms with van der Waals surface area (Å²) in [7, 11) is 1.95. The molecule has 0 N–H and O–H groups in total. The maximum atomic E-state index is 6.35. The largest absolute Gasteiger partial charge is 0.303 e. The predicted molar refractivity (Wildman–Crippen MR) is 105 cm³/mol. The van der Waals surface area contributed by atoms with Gasteiger partial charge in [0.25, 0.3) is 0 Å². The average Bonchev–Trinajstić information content (AvgIpc) is 3.33. The fourth-order valence-corrected chi connectivity index (χ4v) is 4.73. The van der Waals surface area contributed by atoms with Crippen LogP contribution >= 0.6 is 35.2 Å². The van der Waals surface area contributed by atoms with E-state index < -0.39 is 0 Å². The third-order valence-corrected chi connectivity index (χ3v) is 6.49. The molecule has 1 aliphatic heterocycles. The first kappa shape index (κ1) is 17.0. The van der Waals surface area contributed by atoms with Crippen molar-refractivity contribution in [1.29, 1.82) is 0 Å². The maximum Gasteiger partial charge on any atom is 0.199 e. The summed E-state index contributed by atoms with van der Waals surface area (Å²) in [5.74, 6) is 0.808. The molecule has 130 valence electrons. The Kier molecular flexibility index (Phi) is 4.78. The van der Waals surface area contributed by atoms with Gasteiger partial charge in [-0.3, -0.25) is 4.90 Å². The zero-order chi connectivity index (χ0) is 17.4. The van der Waals surface area contributed by atoms with Crippen LogP contribution in [0.4, 0.5) is 0 Å². The van der Waals surface area contributed by atoms with Crippen molar-refractivity contribution in [2.75, 3.05) is 6.54 Å². The van der Waals surface area contributed by atoms with Crippen LogP contribution in [-0.4, -0.2) is 25.8 Å². The number of halogens is 1. The minimum atomic E-state index is 0.465. The SMILES string of the molecule is Cn1c(-c2ccccc2Cl)nn(CN2CCC[C@H]2c2cccs2)c1=S. The van der Waals surface area contributed by atoms with E-state index in [1.807, 2.05) is 51.9 Å². The molecule has 0 saturated carbocycles. The highest BCUT2D eigenvalue weighted by atomic mass is 35.5. The number of aromatic nitrogens is 3. The molecule has 1 atom stereocenters. The number of rotatable bonds is 4. The highest BCUT2D eigenvalue weighted by Gasteiger charge is 2.27. The van der Waals surface area contributed by atoms with Gasteiger partial charge in [0, 0.05) is 30.1 Å². The first-order valence-electron chi connectivity index (χ1n) is 8.31. The van der Waals surface area contributed by atoms with Crippen molar-refractivity contribution in [3.63, 3.8) is 0 Å². The Hall–Kier alpha value is -1.47. The van der Waals surface area contributed by atoms with Crippen LogP contribution in [0.3, 0.4) is 0 Å². The second-order valence-corrected chi connectivity index (χ2v) is 8.02. The van der Waals surface area contributed by atoms with Crippen LogP contribution in [0.2, 0.25) is 5.02 Å². The van der Waals surface area contributed by atoms with Gasteiger partial charge in [0.1, 0.15) is 0 Å². The van der Waals surface area contributed by atoms with Gasteiger partial charge in [-0.2, -0.15) is 5.10 Å². The van der Waals surface area contributed by atoms with Crippen molar-refractivity contribution in [1.82, 2.24) is 19.2 Å². The summed E-state index contributed by atoms with van der Waals surface area (Å²) in [4.78, 5) is 3.89. The number of hydrogen-bond donors (Lipinski definition) is 0. The van der Waals surface area contributed by atoms with Crippen molar-refractivity contribution in [2.45, 2.75) is 25.6 Å². The lowest BCUT2D eigenvalue weighted by atomic mass is 10.2. The predicted octanol–water partition coefficient (Wildman–Crippen LogP) is 5.13. The number of likely N-dealkylation sites (tertiary alicyclic amines) is 1. The molecule has 1 saturated heterocycles. The number of benzene rings is 1. The molecule has 2 aromatic heterocycles. The van der Waals surface area contributed by atoms with Gasteiger partial charge in [-0.1, -0.05) is 29.8 Å². The third-order valence-electron chi connectivity index (χ3n) is 4.71. The lowest BCUT2D eigenvalue weighted by Crippen LogP contribution is -2.26. The highest BCUT2D eigenvalue weighted by Crippen LogP contribution is 2.35. The van der Waals surface area contributed by atoms with E-state index in [1.165, 1.54) is 17.7 Å². The summed E-state index contributed by atoms with van der Waals surface area (Å²) in [6, 6.07) is 12.6. The molecule has 4 nitrogen and oxygen atoms in total. The van der Waals surface area contributed by atoms with Gasteiger partial charge in [-0.15, -0.1) is 11.3 Å². The lowest BCUT2D eigenvalue weighted by Gasteiger charge is -2.23. The van der Waals surface area contributed by atoms with Gasteiger partial charge >= 0.3 is 0 Å². The zero-order valence-corrected chi connectivity index (χ0v) is 16.3. The summed E-state index contributed by atoms with van der Waals surface area (Å²) in [5.41, 5.74) is 0.910. The molecule has 0 aliphatic carbocycles. The molecule has 4 rings (SSSR count). The fourth-order valence-electron chi connectivity index (χ4n) is 3.43. The standard InChI is InChI=1S/C18H19ClN4S2/c1-21-17(13-6-2-3-7-14(13)19)20-23(18(21)24)12-22-10-4-8-15(22)16-9-5-11-25-16/h2-3,5-7,9,11,15H,4,8,10,12H2,1H3/t15-/m0/s1. The van der Waals surface area contributed by atoms with Crippen LogP contribution in [0.1, 0.15) is 23.8 Å². The molecule has 25 heavy (non-hydrogen) atoms. The molecular weight excluding hydrogens is 372 g/mol. The minimum Gasteiger partial charge on any atom is -0.303 e. The second-order valence-electron chi connectivity index (χ2n) is 6.27. The van der Waals surface area contributed by atoms with Crippen LogP contribution in [0.15, 0.2) is 41.8 Å². The fraction of sp³-hybridized carbons (Fsp3) is 0.333. The van der Waals surface area contributed by atoms with Crippen LogP contribution in [0.25, 0.3) is 11.4 Å². The lowest BCUT2D eigenvalue weighted by molar-refractivity contribution is 0.192. The molecule has 0 unspecified atom stereocenters. The Bertz CT molecular complexity index is 929. The van der Waals surface area contributed by atoms with E-state index in [-0.39, 0.29) is 0 Å². The minimum absolute atomic E-state index is 0.465. The molecule has 1 fully saturated rings. The van der Waals surface area contributed by atoms with Crippen molar-refractivity contribution in [3.8, 4) is 11.4 Å².